The number of ketones is 1. The third-order valence-electron chi connectivity index (χ3n) is 6.09. The van der Waals surface area contributed by atoms with Crippen LogP contribution in [0.2, 0.25) is 0 Å². The van der Waals surface area contributed by atoms with E-state index in [1.807, 2.05) is 52.0 Å². The second kappa shape index (κ2) is 10.7. The number of ether oxygens (including phenoxy) is 3. The number of methoxy groups -OCH3 is 1. The molecule has 1 N–H and O–H groups in total. The molecule has 0 fully saturated rings. The van der Waals surface area contributed by atoms with E-state index in [0.717, 1.165) is 23.4 Å². The molecule has 1 aromatic carbocycles. The molecule has 7 nitrogen and oxygen atoms in total. The van der Waals surface area contributed by atoms with Gasteiger partial charge >= 0.3 is 11.9 Å². The fourth-order valence-electron chi connectivity index (χ4n) is 4.53. The van der Waals surface area contributed by atoms with Crippen LogP contribution in [0.15, 0.2) is 46.8 Å². The Balaban J connectivity index is 2.10. The van der Waals surface area contributed by atoms with Gasteiger partial charge in [-0.2, -0.15) is 0 Å². The predicted molar refractivity (Wildman–Crippen MR) is 123 cm³/mol. The van der Waals surface area contributed by atoms with Crippen molar-refractivity contribution in [3.05, 3.63) is 52.4 Å². The molecule has 2 aliphatic rings. The Bertz CT molecular complexity index is 975. The first-order chi connectivity index (χ1) is 15.8. The quantitative estimate of drug-likeness (QED) is 0.467. The van der Waals surface area contributed by atoms with Crippen LogP contribution in [-0.2, 0) is 23.9 Å². The number of allylic oxidation sites excluding steroid dienone is 3. The van der Waals surface area contributed by atoms with E-state index in [1.54, 1.807) is 0 Å². The molecule has 33 heavy (non-hydrogen) atoms. The SMILES string of the molecule is CCCOC(=O)C1=C(C)NC2=C(C(=O)[C@@H](C(=O)OC)[C@@H](C)C2)[C@@H]1c1ccc(OCCC)cc1. The average molecular weight is 456 g/mol. The summed E-state index contributed by atoms with van der Waals surface area (Å²) >= 11 is 0. The van der Waals surface area contributed by atoms with Gasteiger partial charge in [0, 0.05) is 22.9 Å². The molecule has 1 heterocycles. The molecule has 0 saturated heterocycles. The second-order valence-electron chi connectivity index (χ2n) is 8.59. The van der Waals surface area contributed by atoms with Gasteiger partial charge in [-0.3, -0.25) is 9.59 Å². The first kappa shape index (κ1) is 24.6. The molecule has 0 unspecified atom stereocenters. The number of rotatable bonds is 8. The fraction of sp³-hybridized carbons (Fsp3) is 0.500. The van der Waals surface area contributed by atoms with Crippen molar-refractivity contribution in [1.29, 1.82) is 0 Å². The summed E-state index contributed by atoms with van der Waals surface area (Å²) in [5.74, 6) is -2.38. The molecule has 0 saturated carbocycles. The molecular weight excluding hydrogens is 422 g/mol. The number of carbonyl (C=O) groups excluding carboxylic acids is 3. The topological polar surface area (TPSA) is 90.9 Å². The van der Waals surface area contributed by atoms with Gasteiger partial charge in [0.2, 0.25) is 0 Å². The highest BCUT2D eigenvalue weighted by Crippen LogP contribution is 2.45. The molecule has 0 bridgehead atoms. The summed E-state index contributed by atoms with van der Waals surface area (Å²) in [6.07, 6.45) is 2.08. The van der Waals surface area contributed by atoms with Crippen molar-refractivity contribution in [2.75, 3.05) is 20.3 Å². The van der Waals surface area contributed by atoms with E-state index in [1.165, 1.54) is 7.11 Å². The number of nitrogens with one attached hydrogen (secondary N) is 1. The predicted octanol–water partition coefficient (Wildman–Crippen LogP) is 4.04. The second-order valence-corrected chi connectivity index (χ2v) is 8.59. The average Bonchev–Trinajstić information content (AvgIpc) is 2.80. The van der Waals surface area contributed by atoms with E-state index in [9.17, 15) is 14.4 Å². The minimum Gasteiger partial charge on any atom is -0.494 e. The van der Waals surface area contributed by atoms with Gasteiger partial charge in [0.15, 0.2) is 5.78 Å². The van der Waals surface area contributed by atoms with Gasteiger partial charge in [0.1, 0.15) is 11.7 Å². The molecule has 0 aromatic heterocycles. The Kier molecular flexibility index (Phi) is 7.95. The van der Waals surface area contributed by atoms with E-state index in [-0.39, 0.29) is 18.3 Å². The summed E-state index contributed by atoms with van der Waals surface area (Å²) in [4.78, 5) is 39.2. The monoisotopic (exact) mass is 455 g/mol. The lowest BCUT2D eigenvalue weighted by Gasteiger charge is -2.38. The van der Waals surface area contributed by atoms with Crippen LogP contribution in [0, 0.1) is 11.8 Å². The minimum absolute atomic E-state index is 0.219. The molecule has 1 aromatic rings. The van der Waals surface area contributed by atoms with Crippen LogP contribution in [0.3, 0.4) is 0 Å². The van der Waals surface area contributed by atoms with Crippen molar-refractivity contribution in [1.82, 2.24) is 5.32 Å². The third-order valence-corrected chi connectivity index (χ3v) is 6.09. The van der Waals surface area contributed by atoms with Crippen LogP contribution >= 0.6 is 0 Å². The summed E-state index contributed by atoms with van der Waals surface area (Å²) in [6.45, 7) is 8.53. The minimum atomic E-state index is -0.906. The Morgan fingerprint density at radius 3 is 2.36 bits per heavy atom. The maximum absolute atomic E-state index is 13.7. The number of Topliss-reactive ketones (excluding diaryl/α,β-unsaturated/α-hetero) is 1. The Hall–Kier alpha value is -3.09. The van der Waals surface area contributed by atoms with Crippen molar-refractivity contribution in [2.24, 2.45) is 11.8 Å². The lowest BCUT2D eigenvalue weighted by Crippen LogP contribution is -2.43. The van der Waals surface area contributed by atoms with Gasteiger partial charge in [-0.25, -0.2) is 4.79 Å². The van der Waals surface area contributed by atoms with Gasteiger partial charge in [-0.05, 0) is 49.8 Å². The largest absolute Gasteiger partial charge is 0.494 e. The fourth-order valence-corrected chi connectivity index (χ4v) is 4.53. The van der Waals surface area contributed by atoms with E-state index in [2.05, 4.69) is 5.32 Å². The Morgan fingerprint density at radius 1 is 1.09 bits per heavy atom. The number of dihydropyridines is 1. The summed E-state index contributed by atoms with van der Waals surface area (Å²) in [7, 11) is 1.29. The lowest BCUT2D eigenvalue weighted by molar-refractivity contribution is -0.151. The Morgan fingerprint density at radius 2 is 1.76 bits per heavy atom. The molecule has 0 spiro atoms. The molecule has 1 aliphatic carbocycles. The number of esters is 2. The van der Waals surface area contributed by atoms with Crippen molar-refractivity contribution < 1.29 is 28.6 Å². The van der Waals surface area contributed by atoms with Gasteiger partial charge in [0.05, 0.1) is 25.9 Å². The van der Waals surface area contributed by atoms with Crippen molar-refractivity contribution in [3.8, 4) is 5.75 Å². The summed E-state index contributed by atoms with van der Waals surface area (Å²) in [6, 6.07) is 7.41. The summed E-state index contributed by atoms with van der Waals surface area (Å²) < 4.78 is 16.1. The van der Waals surface area contributed by atoms with Crippen LogP contribution < -0.4 is 10.1 Å². The van der Waals surface area contributed by atoms with E-state index < -0.39 is 23.8 Å². The molecule has 3 atom stereocenters. The molecule has 1 aliphatic heterocycles. The van der Waals surface area contributed by atoms with Crippen LogP contribution in [0.25, 0.3) is 0 Å². The first-order valence-corrected chi connectivity index (χ1v) is 11.6. The highest BCUT2D eigenvalue weighted by molar-refractivity contribution is 6.12. The number of carbonyl (C=O) groups is 3. The van der Waals surface area contributed by atoms with Gasteiger partial charge in [-0.15, -0.1) is 0 Å². The van der Waals surface area contributed by atoms with Crippen molar-refractivity contribution in [3.63, 3.8) is 0 Å². The van der Waals surface area contributed by atoms with E-state index in [0.29, 0.717) is 36.3 Å². The van der Waals surface area contributed by atoms with Gasteiger partial charge in [0.25, 0.3) is 0 Å². The summed E-state index contributed by atoms with van der Waals surface area (Å²) in [5, 5.41) is 3.26. The van der Waals surface area contributed by atoms with E-state index in [4.69, 9.17) is 14.2 Å². The van der Waals surface area contributed by atoms with Crippen molar-refractivity contribution in [2.45, 2.75) is 52.9 Å². The number of hydrogen-bond donors (Lipinski definition) is 1. The van der Waals surface area contributed by atoms with Crippen LogP contribution in [-0.4, -0.2) is 38.0 Å². The van der Waals surface area contributed by atoms with Crippen LogP contribution in [0.1, 0.15) is 58.4 Å². The number of benzene rings is 1. The normalized spacial score (nSPS) is 22.5. The first-order valence-electron chi connectivity index (χ1n) is 11.6. The maximum atomic E-state index is 13.7. The molecule has 0 amide bonds. The van der Waals surface area contributed by atoms with Gasteiger partial charge < -0.3 is 19.5 Å². The molecule has 3 rings (SSSR count). The van der Waals surface area contributed by atoms with Crippen LogP contribution in [0.5, 0.6) is 5.75 Å². The molecule has 0 radical (unpaired) electrons. The van der Waals surface area contributed by atoms with Crippen LogP contribution in [0.4, 0.5) is 0 Å². The highest BCUT2D eigenvalue weighted by atomic mass is 16.5. The Labute approximate surface area is 195 Å². The zero-order chi connectivity index (χ0) is 24.1. The molecular formula is C26H33NO6. The number of hydrogen-bond acceptors (Lipinski definition) is 7. The smallest absolute Gasteiger partial charge is 0.336 e. The zero-order valence-electron chi connectivity index (χ0n) is 20.0. The van der Waals surface area contributed by atoms with Gasteiger partial charge in [-0.1, -0.05) is 32.9 Å². The zero-order valence-corrected chi connectivity index (χ0v) is 20.0. The molecule has 7 heteroatoms. The molecule has 178 valence electrons. The standard InChI is InChI=1S/C26H33NO6/c1-6-12-32-18-10-8-17(9-11-18)22-21(26(30)33-13-7-2)16(4)27-19-14-15(3)20(25(29)31-5)24(28)23(19)22/h8-11,15,20,22,27H,6-7,12-14H2,1-5H3/t15-,20-,22+/m0/s1. The van der Waals surface area contributed by atoms with Crippen molar-refractivity contribution >= 4 is 17.7 Å². The third kappa shape index (κ3) is 4.97. The maximum Gasteiger partial charge on any atom is 0.336 e. The summed E-state index contributed by atoms with van der Waals surface area (Å²) in [5.41, 5.74) is 2.98. The van der Waals surface area contributed by atoms with E-state index >= 15 is 0 Å². The highest BCUT2D eigenvalue weighted by Gasteiger charge is 2.47. The lowest BCUT2D eigenvalue weighted by atomic mass is 9.69.